The van der Waals surface area contributed by atoms with Gasteiger partial charge in [-0.25, -0.2) is 0 Å². The second-order valence-corrected chi connectivity index (χ2v) is 4.67. The molecule has 2 rings (SSSR count). The number of aromatic nitrogens is 1. The first kappa shape index (κ1) is 17.3. The first-order chi connectivity index (χ1) is 11.7. The summed E-state index contributed by atoms with van der Waals surface area (Å²) in [4.78, 5) is 21.0. The molecular formula is C17H19N3O4. The molecule has 0 bridgehead atoms. The van der Waals surface area contributed by atoms with Gasteiger partial charge in [0.2, 0.25) is 11.8 Å². The number of nitrogens with one attached hydrogen (secondary N) is 1. The second-order valence-electron chi connectivity index (χ2n) is 4.67. The first-order valence-corrected chi connectivity index (χ1v) is 7.25. The third-order valence-corrected chi connectivity index (χ3v) is 3.18. The van der Waals surface area contributed by atoms with Crippen molar-refractivity contribution in [1.29, 1.82) is 0 Å². The molecule has 0 spiro atoms. The molecule has 1 amide bonds. The molecule has 7 heteroatoms. The van der Waals surface area contributed by atoms with Gasteiger partial charge in [-0.2, -0.15) is 4.98 Å². The van der Waals surface area contributed by atoms with E-state index in [4.69, 9.17) is 14.3 Å². The molecule has 2 aromatic rings. The highest BCUT2D eigenvalue weighted by Gasteiger charge is 2.17. The topological polar surface area (TPSA) is 82.0 Å². The van der Waals surface area contributed by atoms with Gasteiger partial charge >= 0.3 is 0 Å². The molecule has 1 heterocycles. The van der Waals surface area contributed by atoms with Crippen molar-refractivity contribution in [2.75, 3.05) is 21.3 Å². The van der Waals surface area contributed by atoms with Crippen LogP contribution in [0.25, 0.3) is 0 Å². The van der Waals surface area contributed by atoms with E-state index in [0.29, 0.717) is 17.3 Å². The number of carbonyl (C=O) groups is 1. The highest BCUT2D eigenvalue weighted by molar-refractivity contribution is 6.45. The molecule has 1 N–H and O–H groups in total. The van der Waals surface area contributed by atoms with Crippen molar-refractivity contribution in [3.05, 3.63) is 53.6 Å². The number of oxime groups is 1. The molecular weight excluding hydrogens is 310 g/mol. The van der Waals surface area contributed by atoms with Crippen LogP contribution in [0.1, 0.15) is 11.1 Å². The van der Waals surface area contributed by atoms with E-state index in [0.717, 1.165) is 5.56 Å². The van der Waals surface area contributed by atoms with E-state index in [9.17, 15) is 4.79 Å². The number of hydrogen-bond acceptors (Lipinski definition) is 6. The average Bonchev–Trinajstić information content (AvgIpc) is 2.64. The van der Waals surface area contributed by atoms with Gasteiger partial charge in [-0.1, -0.05) is 35.5 Å². The molecule has 24 heavy (non-hydrogen) atoms. The summed E-state index contributed by atoms with van der Waals surface area (Å²) in [5.41, 5.74) is 1.58. The zero-order chi connectivity index (χ0) is 17.4. The van der Waals surface area contributed by atoms with Crippen molar-refractivity contribution in [2.24, 2.45) is 5.16 Å². The fraction of sp³-hybridized carbons (Fsp3) is 0.235. The Morgan fingerprint density at radius 2 is 1.88 bits per heavy atom. The van der Waals surface area contributed by atoms with E-state index < -0.39 is 0 Å². The molecule has 0 aliphatic carbocycles. The number of likely N-dealkylation sites (N-methyl/N-ethyl adjacent to an activating group) is 1. The van der Waals surface area contributed by atoms with Gasteiger partial charge in [0.15, 0.2) is 5.71 Å². The minimum absolute atomic E-state index is 0.179. The molecule has 0 aliphatic rings. The van der Waals surface area contributed by atoms with E-state index >= 15 is 0 Å². The highest BCUT2D eigenvalue weighted by atomic mass is 16.6. The zero-order valence-electron chi connectivity index (χ0n) is 13.8. The SMILES string of the molecule is CNC(=O)/C(=N/OC)c1ccccc1COc1cccc(OC)n1. The molecule has 0 saturated carbocycles. The molecule has 0 unspecified atom stereocenters. The van der Waals surface area contributed by atoms with Crippen LogP contribution in [0, 0.1) is 0 Å². The molecule has 0 aliphatic heterocycles. The van der Waals surface area contributed by atoms with Crippen molar-refractivity contribution in [3.63, 3.8) is 0 Å². The fourth-order valence-corrected chi connectivity index (χ4v) is 2.04. The number of benzene rings is 1. The van der Waals surface area contributed by atoms with Crippen LogP contribution < -0.4 is 14.8 Å². The van der Waals surface area contributed by atoms with Gasteiger partial charge in [-0.15, -0.1) is 0 Å². The lowest BCUT2D eigenvalue weighted by Crippen LogP contribution is -2.29. The molecule has 1 aromatic heterocycles. The average molecular weight is 329 g/mol. The zero-order valence-corrected chi connectivity index (χ0v) is 13.8. The number of carbonyl (C=O) groups excluding carboxylic acids is 1. The first-order valence-electron chi connectivity index (χ1n) is 7.25. The van der Waals surface area contributed by atoms with Gasteiger partial charge in [0.05, 0.1) is 7.11 Å². The fourth-order valence-electron chi connectivity index (χ4n) is 2.04. The summed E-state index contributed by atoms with van der Waals surface area (Å²) in [5.74, 6) is 0.547. The van der Waals surface area contributed by atoms with E-state index in [1.165, 1.54) is 21.3 Å². The lowest BCUT2D eigenvalue weighted by Gasteiger charge is -2.12. The number of amides is 1. The molecule has 0 saturated heterocycles. The predicted molar refractivity (Wildman–Crippen MR) is 89.2 cm³/mol. The molecule has 0 atom stereocenters. The summed E-state index contributed by atoms with van der Waals surface area (Å²) in [7, 11) is 4.47. The summed E-state index contributed by atoms with van der Waals surface area (Å²) < 4.78 is 10.8. The Bertz CT molecular complexity index is 731. The molecule has 7 nitrogen and oxygen atoms in total. The van der Waals surface area contributed by atoms with Crippen molar-refractivity contribution in [3.8, 4) is 11.8 Å². The number of pyridine rings is 1. The predicted octanol–water partition coefficient (Wildman–Crippen LogP) is 1.77. The van der Waals surface area contributed by atoms with Crippen LogP contribution in [-0.2, 0) is 16.2 Å². The number of hydrogen-bond donors (Lipinski definition) is 1. The lowest BCUT2D eigenvalue weighted by atomic mass is 10.0. The third kappa shape index (κ3) is 4.22. The van der Waals surface area contributed by atoms with Crippen LogP contribution >= 0.6 is 0 Å². The Kier molecular flexibility index (Phi) is 6.13. The summed E-state index contributed by atoms with van der Waals surface area (Å²) in [6, 6.07) is 12.6. The number of rotatable bonds is 7. The minimum atomic E-state index is -0.344. The molecule has 0 radical (unpaired) electrons. The summed E-state index contributed by atoms with van der Waals surface area (Å²) >= 11 is 0. The molecule has 1 aromatic carbocycles. The maximum atomic E-state index is 12.0. The normalized spacial score (nSPS) is 10.9. The van der Waals surface area contributed by atoms with Crippen molar-refractivity contribution in [2.45, 2.75) is 6.61 Å². The van der Waals surface area contributed by atoms with Crippen molar-refractivity contribution >= 4 is 11.6 Å². The summed E-state index contributed by atoms with van der Waals surface area (Å²) in [6.07, 6.45) is 0. The third-order valence-electron chi connectivity index (χ3n) is 3.18. The smallest absolute Gasteiger partial charge is 0.273 e. The summed E-state index contributed by atoms with van der Waals surface area (Å²) in [5, 5.41) is 6.37. The van der Waals surface area contributed by atoms with Gasteiger partial charge in [0.1, 0.15) is 13.7 Å². The van der Waals surface area contributed by atoms with E-state index in [-0.39, 0.29) is 18.2 Å². The Morgan fingerprint density at radius 3 is 2.58 bits per heavy atom. The van der Waals surface area contributed by atoms with Gasteiger partial charge in [-0.3, -0.25) is 4.79 Å². The minimum Gasteiger partial charge on any atom is -0.481 e. The number of ether oxygens (including phenoxy) is 2. The van der Waals surface area contributed by atoms with Crippen LogP contribution in [0.3, 0.4) is 0 Å². The van der Waals surface area contributed by atoms with Crippen LogP contribution in [0.2, 0.25) is 0 Å². The van der Waals surface area contributed by atoms with Crippen LogP contribution in [0.5, 0.6) is 11.8 Å². The monoisotopic (exact) mass is 329 g/mol. The maximum absolute atomic E-state index is 12.0. The maximum Gasteiger partial charge on any atom is 0.273 e. The largest absolute Gasteiger partial charge is 0.481 e. The Hall–Kier alpha value is -3.09. The number of methoxy groups -OCH3 is 1. The van der Waals surface area contributed by atoms with E-state index in [1.54, 1.807) is 24.3 Å². The van der Waals surface area contributed by atoms with Crippen LogP contribution in [-0.4, -0.2) is 37.9 Å². The quantitative estimate of drug-likeness (QED) is 0.618. The van der Waals surface area contributed by atoms with Gasteiger partial charge in [-0.05, 0) is 5.56 Å². The lowest BCUT2D eigenvalue weighted by molar-refractivity contribution is -0.114. The second kappa shape index (κ2) is 8.52. The Labute approximate surface area is 140 Å². The molecule has 0 fully saturated rings. The van der Waals surface area contributed by atoms with E-state index in [2.05, 4.69) is 15.5 Å². The molecule has 126 valence electrons. The van der Waals surface area contributed by atoms with Crippen LogP contribution in [0.15, 0.2) is 47.6 Å². The van der Waals surface area contributed by atoms with E-state index in [1.807, 2.05) is 18.2 Å². The van der Waals surface area contributed by atoms with Gasteiger partial charge in [0, 0.05) is 24.7 Å². The standard InChI is InChI=1S/C17H19N3O4/c1-18-17(21)16(20-23-3)13-8-5-4-7-12(13)11-24-15-10-6-9-14(19-15)22-2/h4-10H,11H2,1-3H3,(H,18,21)/b20-16+. The highest BCUT2D eigenvalue weighted by Crippen LogP contribution is 2.17. The Balaban J connectivity index is 2.25. The van der Waals surface area contributed by atoms with Crippen molar-refractivity contribution < 1.29 is 19.1 Å². The Morgan fingerprint density at radius 1 is 1.12 bits per heavy atom. The van der Waals surface area contributed by atoms with Crippen LogP contribution in [0.4, 0.5) is 0 Å². The van der Waals surface area contributed by atoms with Gasteiger partial charge in [0.25, 0.3) is 5.91 Å². The van der Waals surface area contributed by atoms with Crippen molar-refractivity contribution in [1.82, 2.24) is 10.3 Å². The summed E-state index contributed by atoms with van der Waals surface area (Å²) in [6.45, 7) is 0.218. The van der Waals surface area contributed by atoms with Gasteiger partial charge < -0.3 is 19.6 Å². The number of nitrogens with zero attached hydrogens (tertiary/aromatic N) is 2.